The third-order valence-corrected chi connectivity index (χ3v) is 4.25. The van der Waals surface area contributed by atoms with Crippen LogP contribution in [-0.4, -0.2) is 70.6 Å². The summed E-state index contributed by atoms with van der Waals surface area (Å²) in [4.78, 5) is 6.57. The van der Waals surface area contributed by atoms with Gasteiger partial charge in [-0.25, -0.2) is 4.39 Å². The lowest BCUT2D eigenvalue weighted by atomic mass is 10.1. The van der Waals surface area contributed by atoms with Crippen LogP contribution in [0.2, 0.25) is 0 Å². The number of rotatable bonds is 9. The van der Waals surface area contributed by atoms with E-state index in [1.807, 2.05) is 0 Å². The van der Waals surface area contributed by atoms with Crippen LogP contribution in [0.3, 0.4) is 0 Å². The number of nitrogens with one attached hydrogen (secondary N) is 1. The first-order valence-corrected chi connectivity index (χ1v) is 9.17. The van der Waals surface area contributed by atoms with Crippen LogP contribution >= 0.6 is 24.0 Å². The maximum absolute atomic E-state index is 13.1. The van der Waals surface area contributed by atoms with Gasteiger partial charge in [-0.15, -0.1) is 24.0 Å². The molecule has 0 aliphatic carbocycles. The number of benzene rings is 1. The minimum atomic E-state index is -0.293. The molecule has 0 aromatic heterocycles. The van der Waals surface area contributed by atoms with Gasteiger partial charge in [0, 0.05) is 46.5 Å². The molecule has 0 spiro atoms. The van der Waals surface area contributed by atoms with Crippen molar-refractivity contribution in [3.63, 3.8) is 0 Å². The fraction of sp³-hybridized carbons (Fsp3) is 0.632. The molecule has 1 N–H and O–H groups in total. The molecule has 1 heterocycles. The van der Waals surface area contributed by atoms with Crippen molar-refractivity contribution in [2.75, 3.05) is 53.6 Å². The van der Waals surface area contributed by atoms with Gasteiger partial charge in [0.1, 0.15) is 18.2 Å². The lowest BCUT2D eigenvalue weighted by Gasteiger charge is -2.34. The van der Waals surface area contributed by atoms with Gasteiger partial charge in [0.15, 0.2) is 5.96 Å². The van der Waals surface area contributed by atoms with Gasteiger partial charge in [-0.05, 0) is 31.4 Å². The van der Waals surface area contributed by atoms with E-state index < -0.39 is 0 Å². The Morgan fingerprint density at radius 1 is 1.26 bits per heavy atom. The molecule has 1 aliphatic heterocycles. The van der Waals surface area contributed by atoms with E-state index in [9.17, 15) is 4.39 Å². The Morgan fingerprint density at radius 3 is 2.70 bits per heavy atom. The summed E-state index contributed by atoms with van der Waals surface area (Å²) in [6, 6.07) is 6.16. The third kappa shape index (κ3) is 9.07. The topological polar surface area (TPSA) is 55.3 Å². The second kappa shape index (κ2) is 14.0. The zero-order valence-corrected chi connectivity index (χ0v) is 18.5. The highest BCUT2D eigenvalue weighted by molar-refractivity contribution is 14.0. The van der Waals surface area contributed by atoms with E-state index in [-0.39, 0.29) is 29.8 Å². The Labute approximate surface area is 178 Å². The molecule has 1 saturated heterocycles. The van der Waals surface area contributed by atoms with Gasteiger partial charge in [-0.3, -0.25) is 4.99 Å². The van der Waals surface area contributed by atoms with Crippen LogP contribution in [0.25, 0.3) is 0 Å². The monoisotopic (exact) mass is 495 g/mol. The van der Waals surface area contributed by atoms with Crippen molar-refractivity contribution in [3.05, 3.63) is 30.1 Å². The second-order valence-corrected chi connectivity index (χ2v) is 6.18. The molecular weight excluding hydrogens is 464 g/mol. The van der Waals surface area contributed by atoms with Crippen LogP contribution in [-0.2, 0) is 9.47 Å². The molecule has 0 unspecified atom stereocenters. The second-order valence-electron chi connectivity index (χ2n) is 6.18. The number of piperidine rings is 1. The molecular formula is C19H31FIN3O3. The van der Waals surface area contributed by atoms with Gasteiger partial charge >= 0.3 is 0 Å². The molecule has 1 fully saturated rings. The Kier molecular flexibility index (Phi) is 12.4. The molecule has 0 saturated carbocycles. The first-order chi connectivity index (χ1) is 12.7. The van der Waals surface area contributed by atoms with Gasteiger partial charge in [0.25, 0.3) is 0 Å². The minimum Gasteiger partial charge on any atom is -0.492 e. The Balaban J connectivity index is 0.00000364. The zero-order valence-electron chi connectivity index (χ0n) is 16.2. The van der Waals surface area contributed by atoms with E-state index in [1.165, 1.54) is 12.1 Å². The number of aliphatic imine (C=N–C) groups is 1. The lowest BCUT2D eigenvalue weighted by Crippen LogP contribution is -2.47. The van der Waals surface area contributed by atoms with E-state index in [0.717, 1.165) is 51.5 Å². The molecule has 1 aliphatic rings. The molecule has 1 aromatic carbocycles. The van der Waals surface area contributed by atoms with Crippen molar-refractivity contribution in [3.8, 4) is 5.75 Å². The normalized spacial score (nSPS) is 15.4. The fourth-order valence-corrected chi connectivity index (χ4v) is 2.91. The summed E-state index contributed by atoms with van der Waals surface area (Å²) < 4.78 is 29.6. The summed E-state index contributed by atoms with van der Waals surface area (Å²) in [6.07, 6.45) is 3.24. The van der Waals surface area contributed by atoms with Crippen LogP contribution in [0, 0.1) is 5.82 Å². The van der Waals surface area contributed by atoms with Gasteiger partial charge in [-0.2, -0.15) is 0 Å². The summed E-state index contributed by atoms with van der Waals surface area (Å²) in [5.41, 5.74) is 0. The first kappa shape index (κ1) is 23.9. The molecule has 27 heavy (non-hydrogen) atoms. The molecule has 0 radical (unpaired) electrons. The number of guanidine groups is 1. The van der Waals surface area contributed by atoms with Crippen LogP contribution in [0.4, 0.5) is 4.39 Å². The first-order valence-electron chi connectivity index (χ1n) is 9.17. The van der Waals surface area contributed by atoms with Crippen LogP contribution < -0.4 is 10.1 Å². The Bertz CT molecular complexity index is 555. The summed E-state index contributed by atoms with van der Waals surface area (Å²) in [6.45, 7) is 4.38. The Hall–Kier alpha value is -1.13. The van der Waals surface area contributed by atoms with Gasteiger partial charge in [-0.1, -0.05) is 6.07 Å². The molecule has 6 nitrogen and oxygen atoms in total. The number of ether oxygens (including phenoxy) is 3. The van der Waals surface area contributed by atoms with Gasteiger partial charge < -0.3 is 24.4 Å². The fourth-order valence-electron chi connectivity index (χ4n) is 2.91. The SMILES string of the molecule is CN=C(NCCOc1cccc(F)c1)N1CCC(OCCCOC)CC1.I. The number of likely N-dealkylation sites (tertiary alicyclic amines) is 1. The van der Waals surface area contributed by atoms with Gasteiger partial charge in [0.05, 0.1) is 12.6 Å². The van der Waals surface area contributed by atoms with Crippen molar-refractivity contribution in [2.24, 2.45) is 4.99 Å². The van der Waals surface area contributed by atoms with E-state index in [2.05, 4.69) is 15.2 Å². The van der Waals surface area contributed by atoms with Crippen LogP contribution in [0.15, 0.2) is 29.3 Å². The van der Waals surface area contributed by atoms with Gasteiger partial charge in [0.2, 0.25) is 0 Å². The van der Waals surface area contributed by atoms with E-state index >= 15 is 0 Å². The summed E-state index contributed by atoms with van der Waals surface area (Å²) in [7, 11) is 3.49. The standard InChI is InChI=1S/C19H30FN3O3.HI/c1-21-19(22-9-14-26-18-6-3-5-16(20)15-18)23-10-7-17(8-11-23)25-13-4-12-24-2;/h3,5-6,15,17H,4,7-14H2,1-2H3,(H,21,22);1H. The van der Waals surface area contributed by atoms with E-state index in [4.69, 9.17) is 14.2 Å². The van der Waals surface area contributed by atoms with E-state index in [1.54, 1.807) is 26.3 Å². The predicted molar refractivity (Wildman–Crippen MR) is 116 cm³/mol. The van der Waals surface area contributed by atoms with Crippen molar-refractivity contribution in [1.29, 1.82) is 0 Å². The highest BCUT2D eigenvalue weighted by atomic mass is 127. The lowest BCUT2D eigenvalue weighted by molar-refractivity contribution is 0.00989. The zero-order chi connectivity index (χ0) is 18.6. The molecule has 8 heteroatoms. The van der Waals surface area contributed by atoms with Crippen molar-refractivity contribution in [2.45, 2.75) is 25.4 Å². The maximum atomic E-state index is 13.1. The largest absolute Gasteiger partial charge is 0.492 e. The number of nitrogens with zero attached hydrogens (tertiary/aromatic N) is 2. The highest BCUT2D eigenvalue weighted by Crippen LogP contribution is 2.14. The summed E-state index contributed by atoms with van der Waals surface area (Å²) in [5, 5.41) is 3.30. The molecule has 0 bridgehead atoms. The van der Waals surface area contributed by atoms with Crippen molar-refractivity contribution in [1.82, 2.24) is 10.2 Å². The summed E-state index contributed by atoms with van der Waals surface area (Å²) in [5.74, 6) is 1.11. The molecule has 154 valence electrons. The number of hydrogen-bond donors (Lipinski definition) is 1. The minimum absolute atomic E-state index is 0. The molecule has 0 amide bonds. The maximum Gasteiger partial charge on any atom is 0.193 e. The number of hydrogen-bond acceptors (Lipinski definition) is 4. The predicted octanol–water partition coefficient (Wildman–Crippen LogP) is 2.92. The van der Waals surface area contributed by atoms with E-state index in [0.29, 0.717) is 25.0 Å². The van der Waals surface area contributed by atoms with Crippen LogP contribution in [0.1, 0.15) is 19.3 Å². The average Bonchev–Trinajstić information content (AvgIpc) is 2.66. The molecule has 2 rings (SSSR count). The molecule has 1 aromatic rings. The quantitative estimate of drug-likeness (QED) is 0.247. The highest BCUT2D eigenvalue weighted by Gasteiger charge is 2.21. The molecule has 0 atom stereocenters. The average molecular weight is 495 g/mol. The van der Waals surface area contributed by atoms with Crippen molar-refractivity contribution < 1.29 is 18.6 Å². The number of halogens is 2. The van der Waals surface area contributed by atoms with Crippen molar-refractivity contribution >= 4 is 29.9 Å². The smallest absolute Gasteiger partial charge is 0.193 e. The number of methoxy groups -OCH3 is 1. The summed E-state index contributed by atoms with van der Waals surface area (Å²) >= 11 is 0. The Morgan fingerprint density at radius 2 is 2.04 bits per heavy atom. The van der Waals surface area contributed by atoms with Crippen LogP contribution in [0.5, 0.6) is 5.75 Å². The third-order valence-electron chi connectivity index (χ3n) is 4.25.